The molecule has 2 heterocycles. The second-order valence-corrected chi connectivity index (χ2v) is 6.79. The molecule has 80 valence electrons. The van der Waals surface area contributed by atoms with Crippen LogP contribution in [0, 0.1) is 0 Å². The summed E-state index contributed by atoms with van der Waals surface area (Å²) in [5, 5.41) is 0.380. The first-order valence-electron chi connectivity index (χ1n) is 4.96. The zero-order valence-electron chi connectivity index (χ0n) is 8.33. The van der Waals surface area contributed by atoms with Gasteiger partial charge < -0.3 is 0 Å². The third-order valence-corrected chi connectivity index (χ3v) is 5.64. The second kappa shape index (κ2) is 4.27. The molecule has 0 amide bonds. The molecule has 2 saturated heterocycles. The van der Waals surface area contributed by atoms with Crippen LogP contribution in [0.2, 0.25) is 0 Å². The van der Waals surface area contributed by atoms with Crippen molar-refractivity contribution in [3.05, 3.63) is 0 Å². The molecule has 2 fully saturated rings. The van der Waals surface area contributed by atoms with E-state index < -0.39 is 0 Å². The maximum absolute atomic E-state index is 11.5. The molecule has 5 heteroatoms. The molecule has 0 atom stereocenters. The molecule has 0 N–H and O–H groups in total. The van der Waals surface area contributed by atoms with E-state index >= 15 is 0 Å². The van der Waals surface area contributed by atoms with Gasteiger partial charge in [-0.3, -0.25) is 9.69 Å². The van der Waals surface area contributed by atoms with Crippen molar-refractivity contribution in [1.82, 2.24) is 8.01 Å². The quantitative estimate of drug-likeness (QED) is 0.500. The van der Waals surface area contributed by atoms with Crippen LogP contribution in [-0.4, -0.2) is 44.7 Å². The Morgan fingerprint density at radius 2 is 2.00 bits per heavy atom. The Morgan fingerprint density at radius 3 is 2.64 bits per heavy atom. The summed E-state index contributed by atoms with van der Waals surface area (Å²) in [5.74, 6) is 0. The van der Waals surface area contributed by atoms with Gasteiger partial charge >= 0.3 is 0 Å². The van der Waals surface area contributed by atoms with Crippen molar-refractivity contribution in [2.45, 2.75) is 24.1 Å². The van der Waals surface area contributed by atoms with Crippen molar-refractivity contribution in [1.29, 1.82) is 0 Å². The molecule has 0 bridgehead atoms. The van der Waals surface area contributed by atoms with Crippen LogP contribution in [0.15, 0.2) is 0 Å². The Kier molecular flexibility index (Phi) is 3.41. The summed E-state index contributed by atoms with van der Waals surface area (Å²) in [6, 6.07) is 0. The minimum atomic E-state index is 0.122. The van der Waals surface area contributed by atoms with Gasteiger partial charge in [0.15, 0.2) is 5.12 Å². The fraction of sp³-hybridized carbons (Fsp3) is 0.889. The topological polar surface area (TPSA) is 23.6 Å². The van der Waals surface area contributed by atoms with E-state index in [2.05, 4.69) is 37.9 Å². The minimum Gasteiger partial charge on any atom is -0.291 e. The predicted octanol–water partition coefficient (Wildman–Crippen LogP) is 1.72. The monoisotopic (exact) mass is 326 g/mol. The van der Waals surface area contributed by atoms with Crippen LogP contribution in [0.25, 0.3) is 0 Å². The predicted molar refractivity (Wildman–Crippen MR) is 67.4 cm³/mol. The van der Waals surface area contributed by atoms with Crippen molar-refractivity contribution < 1.29 is 4.79 Å². The van der Waals surface area contributed by atoms with Gasteiger partial charge in [-0.2, -0.15) is 0 Å². The van der Waals surface area contributed by atoms with Crippen molar-refractivity contribution >= 4 is 39.7 Å². The zero-order chi connectivity index (χ0) is 10.2. The smallest absolute Gasteiger partial charge is 0.192 e. The molecule has 2 rings (SSSR count). The van der Waals surface area contributed by atoms with Crippen molar-refractivity contribution in [2.75, 3.05) is 26.7 Å². The largest absolute Gasteiger partial charge is 0.291 e. The average Bonchev–Trinajstić information content (AvgIpc) is 2.17. The summed E-state index contributed by atoms with van der Waals surface area (Å²) in [4.78, 5) is 14.0. The second-order valence-electron chi connectivity index (χ2n) is 4.00. The summed E-state index contributed by atoms with van der Waals surface area (Å²) in [6.07, 6.45) is 2.95. The number of hydrogen-bond acceptors (Lipinski definition) is 4. The van der Waals surface area contributed by atoms with E-state index in [0.29, 0.717) is 5.12 Å². The summed E-state index contributed by atoms with van der Waals surface area (Å²) in [5.41, 5.74) is 0. The first kappa shape index (κ1) is 11.2. The van der Waals surface area contributed by atoms with Crippen molar-refractivity contribution in [2.24, 2.45) is 0 Å². The highest BCUT2D eigenvalue weighted by molar-refractivity contribution is 14.1. The Bertz CT molecular complexity index is 241. The highest BCUT2D eigenvalue weighted by atomic mass is 127. The van der Waals surface area contributed by atoms with E-state index in [1.807, 2.05) is 0 Å². The lowest BCUT2D eigenvalue weighted by Crippen LogP contribution is -2.53. The number of thioether (sulfide) groups is 1. The first-order valence-corrected chi connectivity index (χ1v) is 6.74. The third-order valence-electron chi connectivity index (χ3n) is 3.14. The third kappa shape index (κ3) is 2.10. The number of nitrogens with zero attached hydrogens (tertiary/aromatic N) is 2. The van der Waals surface area contributed by atoms with Gasteiger partial charge in [0.05, 0.1) is 4.87 Å². The molecule has 0 unspecified atom stereocenters. The molecular weight excluding hydrogens is 311 g/mol. The first-order chi connectivity index (χ1) is 6.62. The minimum absolute atomic E-state index is 0.122. The molecule has 2 aliphatic rings. The SMILES string of the molecule is CN1CCC(=O)SC12CCN(I)CC2. The van der Waals surface area contributed by atoms with E-state index in [0.717, 1.165) is 38.9 Å². The van der Waals surface area contributed by atoms with Crippen LogP contribution < -0.4 is 0 Å². The number of hydrogen-bond donors (Lipinski definition) is 0. The number of halogens is 1. The summed E-state index contributed by atoms with van der Waals surface area (Å²) in [6.45, 7) is 3.14. The van der Waals surface area contributed by atoms with Crippen LogP contribution >= 0.6 is 34.6 Å². The van der Waals surface area contributed by atoms with Crippen LogP contribution in [0.1, 0.15) is 19.3 Å². The maximum Gasteiger partial charge on any atom is 0.192 e. The molecule has 2 aliphatic heterocycles. The van der Waals surface area contributed by atoms with Crippen molar-refractivity contribution in [3.8, 4) is 0 Å². The molecule has 0 radical (unpaired) electrons. The van der Waals surface area contributed by atoms with Gasteiger partial charge in [-0.1, -0.05) is 11.8 Å². The van der Waals surface area contributed by atoms with E-state index in [-0.39, 0.29) is 4.87 Å². The Hall–Kier alpha value is 0.670. The molecule has 0 aromatic heterocycles. The molecule has 14 heavy (non-hydrogen) atoms. The lowest BCUT2D eigenvalue weighted by Gasteiger charge is -2.47. The van der Waals surface area contributed by atoms with Gasteiger partial charge in [-0.25, -0.2) is 3.11 Å². The van der Waals surface area contributed by atoms with Gasteiger partial charge in [-0.05, 0) is 19.9 Å². The normalized spacial score (nSPS) is 29.7. The molecular formula is C9H15IN2OS. The Labute approximate surface area is 103 Å². The molecule has 0 aromatic carbocycles. The fourth-order valence-corrected chi connectivity index (χ4v) is 3.85. The lowest BCUT2D eigenvalue weighted by atomic mass is 10.0. The molecule has 0 saturated carbocycles. The van der Waals surface area contributed by atoms with Gasteiger partial charge in [0.1, 0.15) is 0 Å². The van der Waals surface area contributed by atoms with Crippen LogP contribution in [-0.2, 0) is 4.79 Å². The van der Waals surface area contributed by atoms with Crippen LogP contribution in [0.5, 0.6) is 0 Å². The number of rotatable bonds is 0. The van der Waals surface area contributed by atoms with Crippen LogP contribution in [0.3, 0.4) is 0 Å². The van der Waals surface area contributed by atoms with E-state index in [4.69, 9.17) is 0 Å². The summed E-state index contributed by atoms with van der Waals surface area (Å²) in [7, 11) is 2.16. The standard InChI is InChI=1S/C9H15IN2OS/c1-11-5-2-8(13)14-9(11)3-6-12(10)7-4-9/h2-7H2,1H3. The molecule has 3 nitrogen and oxygen atoms in total. The lowest BCUT2D eigenvalue weighted by molar-refractivity contribution is -0.112. The molecule has 0 aliphatic carbocycles. The zero-order valence-corrected chi connectivity index (χ0v) is 11.3. The van der Waals surface area contributed by atoms with E-state index in [1.165, 1.54) is 0 Å². The van der Waals surface area contributed by atoms with Crippen molar-refractivity contribution in [3.63, 3.8) is 0 Å². The van der Waals surface area contributed by atoms with E-state index in [9.17, 15) is 4.79 Å². The molecule has 0 aromatic rings. The fourth-order valence-electron chi connectivity index (χ4n) is 2.12. The van der Waals surface area contributed by atoms with Gasteiger partial charge in [0, 0.05) is 48.9 Å². The number of carbonyl (C=O) groups excluding carboxylic acids is 1. The van der Waals surface area contributed by atoms with Gasteiger partial charge in [0.2, 0.25) is 0 Å². The van der Waals surface area contributed by atoms with Crippen LogP contribution in [0.4, 0.5) is 0 Å². The highest BCUT2D eigenvalue weighted by Gasteiger charge is 2.42. The Balaban J connectivity index is 2.08. The number of piperidine rings is 1. The highest BCUT2D eigenvalue weighted by Crippen LogP contribution is 2.42. The van der Waals surface area contributed by atoms with E-state index in [1.54, 1.807) is 11.8 Å². The summed E-state index contributed by atoms with van der Waals surface area (Å²) >= 11 is 3.95. The summed E-state index contributed by atoms with van der Waals surface area (Å²) < 4.78 is 2.32. The van der Waals surface area contributed by atoms with Gasteiger partial charge in [0.25, 0.3) is 0 Å². The molecule has 1 spiro atoms. The maximum atomic E-state index is 11.5. The van der Waals surface area contributed by atoms with Gasteiger partial charge in [-0.15, -0.1) is 0 Å². The average molecular weight is 326 g/mol. The Morgan fingerprint density at radius 1 is 1.36 bits per heavy atom. The number of carbonyl (C=O) groups is 1.